The van der Waals surface area contributed by atoms with E-state index < -0.39 is 0 Å². The van der Waals surface area contributed by atoms with Gasteiger partial charge in [-0.2, -0.15) is 0 Å². The Kier molecular flexibility index (Phi) is 5.99. The molecular formula is C19H16ClN3O2S. The van der Waals surface area contributed by atoms with E-state index >= 15 is 0 Å². The lowest BCUT2D eigenvalue weighted by atomic mass is 10.1. The van der Waals surface area contributed by atoms with Crippen molar-refractivity contribution in [3.05, 3.63) is 81.8 Å². The standard InChI is InChI=1S/C19H16ClN3O2S/c20-15-8-6-13(7-9-15)10-17(24)23-19-22-16(12-26-19)18(25)21-11-14-4-2-1-3-5-14/h1-9,12H,10-11H2,(H,21,25)(H,22,23,24). The van der Waals surface area contributed by atoms with Crippen molar-refractivity contribution in [3.63, 3.8) is 0 Å². The summed E-state index contributed by atoms with van der Waals surface area (Å²) in [7, 11) is 0. The number of hydrogen-bond acceptors (Lipinski definition) is 4. The van der Waals surface area contributed by atoms with Crippen LogP contribution >= 0.6 is 22.9 Å². The molecule has 0 fully saturated rings. The number of halogens is 1. The number of nitrogens with zero attached hydrogens (tertiary/aromatic N) is 1. The third-order valence-corrected chi connectivity index (χ3v) is 4.57. The molecule has 0 atom stereocenters. The van der Waals surface area contributed by atoms with Crippen molar-refractivity contribution in [1.82, 2.24) is 10.3 Å². The molecule has 26 heavy (non-hydrogen) atoms. The maximum atomic E-state index is 12.1. The number of carbonyl (C=O) groups is 2. The first kappa shape index (κ1) is 18.1. The molecule has 3 aromatic rings. The van der Waals surface area contributed by atoms with Crippen molar-refractivity contribution in [2.24, 2.45) is 0 Å². The zero-order valence-electron chi connectivity index (χ0n) is 13.7. The Bertz CT molecular complexity index is 895. The lowest BCUT2D eigenvalue weighted by molar-refractivity contribution is -0.115. The average Bonchev–Trinajstić information content (AvgIpc) is 3.11. The highest BCUT2D eigenvalue weighted by molar-refractivity contribution is 7.14. The van der Waals surface area contributed by atoms with Crippen molar-refractivity contribution in [1.29, 1.82) is 0 Å². The van der Waals surface area contributed by atoms with Gasteiger partial charge in [-0.1, -0.05) is 54.1 Å². The summed E-state index contributed by atoms with van der Waals surface area (Å²) in [6, 6.07) is 16.7. The van der Waals surface area contributed by atoms with E-state index in [1.54, 1.807) is 29.6 Å². The van der Waals surface area contributed by atoms with Crippen molar-refractivity contribution in [2.45, 2.75) is 13.0 Å². The molecule has 0 radical (unpaired) electrons. The van der Waals surface area contributed by atoms with Gasteiger partial charge in [-0.15, -0.1) is 11.3 Å². The SMILES string of the molecule is O=C(Cc1ccc(Cl)cc1)Nc1nc(C(=O)NCc2ccccc2)cs1. The Morgan fingerprint density at radius 3 is 2.46 bits per heavy atom. The topological polar surface area (TPSA) is 71.1 Å². The number of amides is 2. The van der Waals surface area contributed by atoms with Gasteiger partial charge in [0.1, 0.15) is 5.69 Å². The van der Waals surface area contributed by atoms with E-state index in [-0.39, 0.29) is 23.9 Å². The first-order valence-corrected chi connectivity index (χ1v) is 9.18. The Hall–Kier alpha value is -2.70. The van der Waals surface area contributed by atoms with Crippen LogP contribution in [0, 0.1) is 0 Å². The molecule has 0 saturated heterocycles. The van der Waals surface area contributed by atoms with Crippen molar-refractivity contribution in [3.8, 4) is 0 Å². The average molecular weight is 386 g/mol. The second-order valence-electron chi connectivity index (χ2n) is 5.56. The third-order valence-electron chi connectivity index (χ3n) is 3.56. The van der Waals surface area contributed by atoms with Crippen LogP contribution in [0.25, 0.3) is 0 Å². The van der Waals surface area contributed by atoms with Gasteiger partial charge in [0.2, 0.25) is 5.91 Å². The van der Waals surface area contributed by atoms with Crippen molar-refractivity contribution < 1.29 is 9.59 Å². The van der Waals surface area contributed by atoms with Gasteiger partial charge in [0, 0.05) is 16.9 Å². The van der Waals surface area contributed by atoms with Crippen LogP contribution in [0.15, 0.2) is 60.0 Å². The van der Waals surface area contributed by atoms with Crippen LogP contribution in [0.2, 0.25) is 5.02 Å². The summed E-state index contributed by atoms with van der Waals surface area (Å²) < 4.78 is 0. The summed E-state index contributed by atoms with van der Waals surface area (Å²) in [6.45, 7) is 0.426. The van der Waals surface area contributed by atoms with E-state index in [9.17, 15) is 9.59 Å². The van der Waals surface area contributed by atoms with Crippen LogP contribution in [-0.4, -0.2) is 16.8 Å². The van der Waals surface area contributed by atoms with E-state index in [0.29, 0.717) is 16.7 Å². The van der Waals surface area contributed by atoms with Crippen LogP contribution in [0.3, 0.4) is 0 Å². The molecule has 0 saturated carbocycles. The molecule has 1 heterocycles. The van der Waals surface area contributed by atoms with E-state index in [1.165, 1.54) is 11.3 Å². The van der Waals surface area contributed by atoms with E-state index in [2.05, 4.69) is 15.6 Å². The minimum absolute atomic E-state index is 0.196. The molecule has 2 N–H and O–H groups in total. The fraction of sp³-hybridized carbons (Fsp3) is 0.105. The maximum absolute atomic E-state index is 12.1. The number of carbonyl (C=O) groups excluding carboxylic acids is 2. The Balaban J connectivity index is 1.52. The smallest absolute Gasteiger partial charge is 0.271 e. The molecule has 0 bridgehead atoms. The lowest BCUT2D eigenvalue weighted by Gasteiger charge is -2.03. The fourth-order valence-electron chi connectivity index (χ4n) is 2.26. The van der Waals surface area contributed by atoms with Crippen molar-refractivity contribution >= 4 is 39.9 Å². The molecular weight excluding hydrogens is 370 g/mol. The summed E-state index contributed by atoms with van der Waals surface area (Å²) in [5, 5.41) is 8.16. The Morgan fingerprint density at radius 1 is 1.00 bits per heavy atom. The maximum Gasteiger partial charge on any atom is 0.271 e. The number of hydrogen-bond donors (Lipinski definition) is 2. The first-order chi connectivity index (χ1) is 12.6. The predicted octanol–water partition coefficient (Wildman–Crippen LogP) is 3.91. The number of benzene rings is 2. The van der Waals surface area contributed by atoms with Gasteiger partial charge in [0.05, 0.1) is 6.42 Å². The van der Waals surface area contributed by atoms with Crippen LogP contribution in [0.4, 0.5) is 5.13 Å². The van der Waals surface area contributed by atoms with Gasteiger partial charge in [0.15, 0.2) is 5.13 Å². The lowest BCUT2D eigenvalue weighted by Crippen LogP contribution is -2.23. The summed E-state index contributed by atoms with van der Waals surface area (Å²) in [5.41, 5.74) is 2.14. The Labute approximate surface area is 160 Å². The first-order valence-electron chi connectivity index (χ1n) is 7.92. The van der Waals surface area contributed by atoms with E-state index in [1.807, 2.05) is 30.3 Å². The van der Waals surface area contributed by atoms with E-state index in [0.717, 1.165) is 11.1 Å². The molecule has 7 heteroatoms. The predicted molar refractivity (Wildman–Crippen MR) is 104 cm³/mol. The van der Waals surface area contributed by atoms with Crippen LogP contribution in [0.5, 0.6) is 0 Å². The van der Waals surface area contributed by atoms with Crippen LogP contribution in [-0.2, 0) is 17.8 Å². The summed E-state index contributed by atoms with van der Waals surface area (Å²) in [4.78, 5) is 28.4. The second kappa shape index (κ2) is 8.60. The number of rotatable bonds is 6. The molecule has 132 valence electrons. The van der Waals surface area contributed by atoms with Gasteiger partial charge < -0.3 is 10.6 Å². The molecule has 0 aliphatic heterocycles. The highest BCUT2D eigenvalue weighted by Gasteiger charge is 2.12. The zero-order valence-corrected chi connectivity index (χ0v) is 15.3. The minimum atomic E-state index is -0.275. The van der Waals surface area contributed by atoms with Gasteiger partial charge in [0.25, 0.3) is 5.91 Å². The number of nitrogens with one attached hydrogen (secondary N) is 2. The molecule has 0 spiro atoms. The number of aromatic nitrogens is 1. The molecule has 2 amide bonds. The summed E-state index contributed by atoms with van der Waals surface area (Å²) in [5.74, 6) is -0.471. The molecule has 3 rings (SSSR count). The molecule has 0 aliphatic rings. The van der Waals surface area contributed by atoms with Gasteiger partial charge >= 0.3 is 0 Å². The highest BCUT2D eigenvalue weighted by Crippen LogP contribution is 2.16. The second-order valence-corrected chi connectivity index (χ2v) is 6.85. The van der Waals surface area contributed by atoms with Crippen LogP contribution in [0.1, 0.15) is 21.6 Å². The van der Waals surface area contributed by atoms with Crippen LogP contribution < -0.4 is 10.6 Å². The monoisotopic (exact) mass is 385 g/mol. The molecule has 1 aromatic heterocycles. The van der Waals surface area contributed by atoms with Gasteiger partial charge in [-0.05, 0) is 23.3 Å². The van der Waals surface area contributed by atoms with Gasteiger partial charge in [-0.3, -0.25) is 9.59 Å². The highest BCUT2D eigenvalue weighted by atomic mass is 35.5. The molecule has 5 nitrogen and oxygen atoms in total. The molecule has 2 aromatic carbocycles. The summed E-state index contributed by atoms with van der Waals surface area (Å²) >= 11 is 7.04. The normalized spacial score (nSPS) is 10.3. The molecule has 0 aliphatic carbocycles. The largest absolute Gasteiger partial charge is 0.347 e. The third kappa shape index (κ3) is 5.15. The number of thiazole rings is 1. The molecule has 0 unspecified atom stereocenters. The minimum Gasteiger partial charge on any atom is -0.347 e. The van der Waals surface area contributed by atoms with Crippen molar-refractivity contribution in [2.75, 3.05) is 5.32 Å². The zero-order chi connectivity index (χ0) is 18.4. The summed E-state index contributed by atoms with van der Waals surface area (Å²) in [6.07, 6.45) is 0.215. The quantitative estimate of drug-likeness (QED) is 0.675. The van der Waals surface area contributed by atoms with Gasteiger partial charge in [-0.25, -0.2) is 4.98 Å². The fourth-order valence-corrected chi connectivity index (χ4v) is 3.09. The van der Waals surface area contributed by atoms with E-state index in [4.69, 9.17) is 11.6 Å². The number of anilines is 1. The Morgan fingerprint density at radius 2 is 1.73 bits per heavy atom.